The van der Waals surface area contributed by atoms with E-state index in [0.29, 0.717) is 5.69 Å². The van der Waals surface area contributed by atoms with Crippen LogP contribution in [-0.2, 0) is 4.74 Å². The van der Waals surface area contributed by atoms with Gasteiger partial charge >= 0.3 is 12.2 Å². The molecule has 0 aliphatic heterocycles. The molecule has 2 rings (SSSR count). The van der Waals surface area contributed by atoms with Crippen molar-refractivity contribution >= 4 is 23.1 Å². The van der Waals surface area contributed by atoms with Crippen LogP contribution in [-0.4, -0.2) is 21.9 Å². The van der Waals surface area contributed by atoms with Crippen LogP contribution in [0.2, 0.25) is 0 Å². The number of nitrogens with zero attached hydrogens (tertiary/aromatic N) is 1. The number of carbonyl (C=O) groups is 2. The molecule has 94 valence electrons. The van der Waals surface area contributed by atoms with Crippen molar-refractivity contribution in [3.05, 3.63) is 29.7 Å². The topological polar surface area (TPSA) is 94.6 Å². The van der Waals surface area contributed by atoms with E-state index in [4.69, 9.17) is 5.73 Å². The highest BCUT2D eigenvalue weighted by atomic mass is 19.1. The molecule has 1 aromatic carbocycles. The second kappa shape index (κ2) is 4.02. The van der Waals surface area contributed by atoms with Crippen molar-refractivity contribution in [2.24, 2.45) is 5.73 Å². The molecule has 1 aromatic heterocycles. The van der Waals surface area contributed by atoms with Gasteiger partial charge in [-0.05, 0) is 25.1 Å². The smallest absolute Gasteiger partial charge is 0.427 e. The molecule has 2 aromatic rings. The number of benzene rings is 1. The van der Waals surface area contributed by atoms with E-state index >= 15 is 0 Å². The SMILES string of the molecule is Cc1cc2c(F)c(O)ccc2n1C(=O)OC(N)=O. The lowest BCUT2D eigenvalue weighted by atomic mass is 10.2. The summed E-state index contributed by atoms with van der Waals surface area (Å²) in [5.41, 5.74) is 5.26. The van der Waals surface area contributed by atoms with E-state index in [1.54, 1.807) is 0 Å². The number of aromatic nitrogens is 1. The Balaban J connectivity index is 2.65. The Morgan fingerprint density at radius 1 is 1.44 bits per heavy atom. The van der Waals surface area contributed by atoms with Gasteiger partial charge in [-0.1, -0.05) is 0 Å². The number of hydrogen-bond acceptors (Lipinski definition) is 4. The lowest BCUT2D eigenvalue weighted by Crippen LogP contribution is -2.23. The first kappa shape index (κ1) is 11.9. The number of halogens is 1. The molecule has 1 amide bonds. The van der Waals surface area contributed by atoms with E-state index in [9.17, 15) is 19.1 Å². The Morgan fingerprint density at radius 2 is 2.11 bits per heavy atom. The van der Waals surface area contributed by atoms with Crippen molar-refractivity contribution in [1.82, 2.24) is 4.57 Å². The Hall–Kier alpha value is -2.57. The monoisotopic (exact) mass is 252 g/mol. The van der Waals surface area contributed by atoms with E-state index < -0.39 is 23.8 Å². The number of fused-ring (bicyclic) bond motifs is 1. The number of hydrogen-bond donors (Lipinski definition) is 2. The van der Waals surface area contributed by atoms with Crippen LogP contribution < -0.4 is 5.73 Å². The summed E-state index contributed by atoms with van der Waals surface area (Å²) in [7, 11) is 0. The van der Waals surface area contributed by atoms with Gasteiger partial charge in [-0.3, -0.25) is 0 Å². The van der Waals surface area contributed by atoms with Gasteiger partial charge in [0, 0.05) is 11.1 Å². The second-order valence-corrected chi connectivity index (χ2v) is 3.64. The van der Waals surface area contributed by atoms with E-state index in [0.717, 1.165) is 10.6 Å². The molecule has 0 fully saturated rings. The number of phenolic OH excluding ortho intramolecular Hbond substituents is 1. The zero-order valence-corrected chi connectivity index (χ0v) is 9.31. The number of carbonyl (C=O) groups excluding carboxylic acids is 2. The van der Waals surface area contributed by atoms with E-state index in [-0.39, 0.29) is 10.9 Å². The summed E-state index contributed by atoms with van der Waals surface area (Å²) in [6, 6.07) is 3.79. The van der Waals surface area contributed by atoms with Gasteiger partial charge in [0.25, 0.3) is 0 Å². The predicted molar refractivity (Wildman–Crippen MR) is 59.8 cm³/mol. The fourth-order valence-electron chi connectivity index (χ4n) is 1.74. The molecule has 1 heterocycles. The van der Waals surface area contributed by atoms with Gasteiger partial charge < -0.3 is 15.6 Å². The van der Waals surface area contributed by atoms with Crippen LogP contribution in [0.25, 0.3) is 10.9 Å². The van der Waals surface area contributed by atoms with E-state index in [1.807, 2.05) is 0 Å². The Bertz CT molecular complexity index is 663. The van der Waals surface area contributed by atoms with Crippen molar-refractivity contribution in [3.8, 4) is 5.75 Å². The summed E-state index contributed by atoms with van der Waals surface area (Å²) in [5.74, 6) is -1.37. The Labute approximate surface area is 100 Å². The molecule has 0 aliphatic rings. The van der Waals surface area contributed by atoms with Gasteiger partial charge in [0.05, 0.1) is 5.52 Å². The van der Waals surface area contributed by atoms with Crippen molar-refractivity contribution in [1.29, 1.82) is 0 Å². The molecule has 7 heteroatoms. The fraction of sp³-hybridized carbons (Fsp3) is 0.0909. The molecule has 0 spiro atoms. The molecule has 0 radical (unpaired) electrons. The first-order valence-electron chi connectivity index (χ1n) is 4.93. The minimum Gasteiger partial charge on any atom is -0.505 e. The highest BCUT2D eigenvalue weighted by Gasteiger charge is 2.19. The number of aromatic hydroxyl groups is 1. The van der Waals surface area contributed by atoms with E-state index in [2.05, 4.69) is 4.74 Å². The first-order valence-corrected chi connectivity index (χ1v) is 4.93. The molecule has 0 saturated carbocycles. The zero-order valence-electron chi connectivity index (χ0n) is 9.31. The molecule has 0 atom stereocenters. The minimum absolute atomic E-state index is 0.0499. The zero-order chi connectivity index (χ0) is 13.4. The summed E-state index contributed by atoms with van der Waals surface area (Å²) in [6.07, 6.45) is -2.28. The van der Waals surface area contributed by atoms with Crippen LogP contribution in [0.5, 0.6) is 5.75 Å². The third-order valence-electron chi connectivity index (χ3n) is 2.45. The normalized spacial score (nSPS) is 10.6. The number of amides is 1. The Kier molecular flexibility index (Phi) is 2.66. The van der Waals surface area contributed by atoms with Crippen molar-refractivity contribution in [2.75, 3.05) is 0 Å². The molecule has 0 saturated heterocycles. The highest BCUT2D eigenvalue weighted by Crippen LogP contribution is 2.28. The standard InChI is InChI=1S/C11H9FN2O4/c1-5-4-6-7(2-3-8(15)9(6)12)14(5)11(17)18-10(13)16/h2-4,15H,1H3,(H2,13,16). The summed E-state index contributed by atoms with van der Waals surface area (Å²) in [6.45, 7) is 1.53. The largest absolute Gasteiger partial charge is 0.505 e. The van der Waals surface area contributed by atoms with Crippen LogP contribution in [0.15, 0.2) is 18.2 Å². The van der Waals surface area contributed by atoms with Gasteiger partial charge in [-0.2, -0.15) is 0 Å². The Morgan fingerprint density at radius 3 is 2.72 bits per heavy atom. The quantitative estimate of drug-likeness (QED) is 0.699. The average Bonchev–Trinajstić information content (AvgIpc) is 2.60. The molecule has 3 N–H and O–H groups in total. The van der Waals surface area contributed by atoms with Gasteiger partial charge in [0.1, 0.15) is 0 Å². The summed E-state index contributed by atoms with van der Waals surface area (Å²) in [4.78, 5) is 22.1. The lowest BCUT2D eigenvalue weighted by molar-refractivity contribution is 0.158. The molecule has 0 unspecified atom stereocenters. The first-order chi connectivity index (χ1) is 8.41. The number of phenols is 1. The number of ether oxygens (including phenoxy) is 1. The summed E-state index contributed by atoms with van der Waals surface area (Å²) >= 11 is 0. The van der Waals surface area contributed by atoms with Gasteiger partial charge in [0.15, 0.2) is 11.6 Å². The third-order valence-corrected chi connectivity index (χ3v) is 2.45. The lowest BCUT2D eigenvalue weighted by Gasteiger charge is -2.05. The van der Waals surface area contributed by atoms with Crippen molar-refractivity contribution in [2.45, 2.75) is 6.92 Å². The number of nitrogens with two attached hydrogens (primary N) is 1. The number of aryl methyl sites for hydroxylation is 1. The van der Waals surface area contributed by atoms with Crippen LogP contribution in [0.3, 0.4) is 0 Å². The van der Waals surface area contributed by atoms with Gasteiger partial charge in [-0.25, -0.2) is 18.5 Å². The molecule has 18 heavy (non-hydrogen) atoms. The van der Waals surface area contributed by atoms with Crippen LogP contribution >= 0.6 is 0 Å². The maximum absolute atomic E-state index is 13.6. The summed E-state index contributed by atoms with van der Waals surface area (Å²) in [5, 5.41) is 9.28. The maximum atomic E-state index is 13.6. The fourth-order valence-corrected chi connectivity index (χ4v) is 1.74. The maximum Gasteiger partial charge on any atom is 0.427 e. The summed E-state index contributed by atoms with van der Waals surface area (Å²) < 4.78 is 18.8. The minimum atomic E-state index is -1.25. The highest BCUT2D eigenvalue weighted by molar-refractivity contribution is 5.94. The number of rotatable bonds is 0. The molecule has 0 aliphatic carbocycles. The van der Waals surface area contributed by atoms with Crippen LogP contribution in [0.1, 0.15) is 5.69 Å². The third kappa shape index (κ3) is 1.75. The molecule has 0 bridgehead atoms. The van der Waals surface area contributed by atoms with Crippen molar-refractivity contribution < 1.29 is 23.8 Å². The van der Waals surface area contributed by atoms with Gasteiger partial charge in [-0.15, -0.1) is 0 Å². The molecule has 6 nitrogen and oxygen atoms in total. The number of primary amides is 1. The van der Waals surface area contributed by atoms with Crippen LogP contribution in [0, 0.1) is 12.7 Å². The average molecular weight is 252 g/mol. The molecular weight excluding hydrogens is 243 g/mol. The van der Waals surface area contributed by atoms with Crippen LogP contribution in [0.4, 0.5) is 14.0 Å². The van der Waals surface area contributed by atoms with E-state index in [1.165, 1.54) is 19.1 Å². The second-order valence-electron chi connectivity index (χ2n) is 3.64. The van der Waals surface area contributed by atoms with Gasteiger partial charge in [0.2, 0.25) is 0 Å². The predicted octanol–water partition coefficient (Wildman–Crippen LogP) is 1.86. The molecular formula is C11H9FN2O4. The van der Waals surface area contributed by atoms with Crippen molar-refractivity contribution in [3.63, 3.8) is 0 Å².